The molecule has 1 saturated heterocycles. The van der Waals surface area contributed by atoms with E-state index in [4.69, 9.17) is 0 Å². The summed E-state index contributed by atoms with van der Waals surface area (Å²) in [6, 6.07) is 21.0. The Morgan fingerprint density at radius 1 is 1.00 bits per heavy atom. The minimum atomic E-state index is 0.570. The Morgan fingerprint density at radius 3 is 2.54 bits per heavy atom. The maximum absolute atomic E-state index is 4.32. The van der Waals surface area contributed by atoms with Gasteiger partial charge < -0.3 is 0 Å². The lowest BCUT2D eigenvalue weighted by molar-refractivity contribution is 0.332. The second-order valence-electron chi connectivity index (χ2n) is 6.07. The normalized spacial score (nSPS) is 18.1. The van der Waals surface area contributed by atoms with Gasteiger partial charge in [-0.3, -0.25) is 9.47 Å². The number of likely N-dealkylation sites (tertiary alicyclic amines) is 1. The van der Waals surface area contributed by atoms with Crippen LogP contribution >= 0.6 is 11.8 Å². The number of nitrogens with zero attached hydrogens (tertiary/aromatic N) is 4. The van der Waals surface area contributed by atoms with E-state index in [1.807, 2.05) is 30.0 Å². The number of benzene rings is 2. The van der Waals surface area contributed by atoms with Crippen LogP contribution < -0.4 is 0 Å². The summed E-state index contributed by atoms with van der Waals surface area (Å²) in [5.41, 5.74) is 2.50. The fourth-order valence-corrected chi connectivity index (χ4v) is 4.27. The van der Waals surface area contributed by atoms with Crippen molar-refractivity contribution >= 4 is 11.8 Å². The third-order valence-electron chi connectivity index (χ3n) is 4.30. The van der Waals surface area contributed by atoms with Crippen LogP contribution in [0.15, 0.2) is 72.1 Å². The van der Waals surface area contributed by atoms with Crippen molar-refractivity contribution in [3.63, 3.8) is 0 Å². The van der Waals surface area contributed by atoms with Gasteiger partial charge in [-0.25, -0.2) is 0 Å². The maximum Gasteiger partial charge on any atom is 0.195 e. The van der Waals surface area contributed by atoms with E-state index in [1.54, 1.807) is 6.33 Å². The lowest BCUT2D eigenvalue weighted by Crippen LogP contribution is -2.20. The van der Waals surface area contributed by atoms with Gasteiger partial charge in [0.05, 0.1) is 0 Å². The average molecular weight is 336 g/mol. The SMILES string of the molecule is c1ccc(CN2CCC(Sc3nncn3-c3ccccc3)C2)cc1. The zero-order valence-electron chi connectivity index (χ0n) is 13.5. The molecule has 1 aromatic heterocycles. The standard InChI is InChI=1S/C19H20N4S/c1-3-7-16(8-4-1)13-22-12-11-18(14-22)24-19-21-20-15-23(19)17-9-5-2-6-10-17/h1-10,15,18H,11-14H2. The molecule has 0 aliphatic carbocycles. The monoisotopic (exact) mass is 336 g/mol. The molecule has 0 spiro atoms. The van der Waals surface area contributed by atoms with Crippen LogP contribution in [0, 0.1) is 0 Å². The van der Waals surface area contributed by atoms with E-state index in [-0.39, 0.29) is 0 Å². The van der Waals surface area contributed by atoms with Crippen LogP contribution in [0.5, 0.6) is 0 Å². The molecule has 1 atom stereocenters. The first-order valence-electron chi connectivity index (χ1n) is 8.27. The molecule has 4 rings (SSSR count). The zero-order chi connectivity index (χ0) is 16.2. The highest BCUT2D eigenvalue weighted by atomic mass is 32.2. The smallest absolute Gasteiger partial charge is 0.195 e. The van der Waals surface area contributed by atoms with Gasteiger partial charge in [-0.2, -0.15) is 0 Å². The van der Waals surface area contributed by atoms with Crippen molar-refractivity contribution in [3.8, 4) is 5.69 Å². The van der Waals surface area contributed by atoms with Crippen molar-refractivity contribution in [3.05, 3.63) is 72.6 Å². The largest absolute Gasteiger partial charge is 0.298 e. The lowest BCUT2D eigenvalue weighted by Gasteiger charge is -2.16. The Hall–Kier alpha value is -2.11. The van der Waals surface area contributed by atoms with Crippen LogP contribution in [0.3, 0.4) is 0 Å². The highest BCUT2D eigenvalue weighted by Crippen LogP contribution is 2.30. The van der Waals surface area contributed by atoms with Crippen LogP contribution in [0.25, 0.3) is 5.69 Å². The topological polar surface area (TPSA) is 34.0 Å². The second-order valence-corrected chi connectivity index (χ2v) is 7.34. The predicted molar refractivity (Wildman–Crippen MR) is 97.3 cm³/mol. The van der Waals surface area contributed by atoms with E-state index in [9.17, 15) is 0 Å². The van der Waals surface area contributed by atoms with Crippen molar-refractivity contribution in [1.82, 2.24) is 19.7 Å². The fraction of sp³-hybridized carbons (Fsp3) is 0.263. The summed E-state index contributed by atoms with van der Waals surface area (Å²) >= 11 is 1.84. The predicted octanol–water partition coefficient (Wildman–Crippen LogP) is 3.63. The molecular formula is C19H20N4S. The maximum atomic E-state index is 4.32. The van der Waals surface area contributed by atoms with E-state index < -0.39 is 0 Å². The number of hydrogen-bond donors (Lipinski definition) is 0. The van der Waals surface area contributed by atoms with Gasteiger partial charge in [0, 0.05) is 24.0 Å². The number of hydrogen-bond acceptors (Lipinski definition) is 4. The summed E-state index contributed by atoms with van der Waals surface area (Å²) in [6.45, 7) is 3.27. The van der Waals surface area contributed by atoms with E-state index in [2.05, 4.69) is 62.1 Å². The Bertz CT molecular complexity index is 772. The molecule has 2 heterocycles. The van der Waals surface area contributed by atoms with Gasteiger partial charge in [-0.15, -0.1) is 10.2 Å². The van der Waals surface area contributed by atoms with Crippen molar-refractivity contribution in [1.29, 1.82) is 0 Å². The number of aromatic nitrogens is 3. The molecule has 1 aliphatic rings. The zero-order valence-corrected chi connectivity index (χ0v) is 14.3. The summed E-state index contributed by atoms with van der Waals surface area (Å²) in [4.78, 5) is 2.52. The van der Waals surface area contributed by atoms with E-state index in [1.165, 1.54) is 12.0 Å². The number of thioether (sulfide) groups is 1. The Balaban J connectivity index is 1.40. The minimum absolute atomic E-state index is 0.570. The van der Waals surface area contributed by atoms with Crippen LogP contribution in [-0.4, -0.2) is 38.0 Å². The van der Waals surface area contributed by atoms with Gasteiger partial charge >= 0.3 is 0 Å². The molecule has 1 unspecified atom stereocenters. The Labute approximate surface area is 146 Å². The first-order valence-corrected chi connectivity index (χ1v) is 9.15. The number of rotatable bonds is 5. The second kappa shape index (κ2) is 7.20. The van der Waals surface area contributed by atoms with Crippen molar-refractivity contribution in [2.24, 2.45) is 0 Å². The molecule has 2 aromatic carbocycles. The summed E-state index contributed by atoms with van der Waals surface area (Å²) in [7, 11) is 0. The van der Waals surface area contributed by atoms with E-state index in [0.717, 1.165) is 30.5 Å². The summed E-state index contributed by atoms with van der Waals surface area (Å²) in [5.74, 6) is 0. The molecule has 4 nitrogen and oxygen atoms in total. The molecule has 1 aliphatic heterocycles. The highest BCUT2D eigenvalue weighted by Gasteiger charge is 2.25. The van der Waals surface area contributed by atoms with Crippen LogP contribution in [0.4, 0.5) is 0 Å². The molecule has 0 bridgehead atoms. The lowest BCUT2D eigenvalue weighted by atomic mass is 10.2. The third-order valence-corrected chi connectivity index (χ3v) is 5.51. The Morgan fingerprint density at radius 2 is 1.75 bits per heavy atom. The number of para-hydroxylation sites is 1. The van der Waals surface area contributed by atoms with Gasteiger partial charge in [0.25, 0.3) is 0 Å². The van der Waals surface area contributed by atoms with Crippen LogP contribution in [0.2, 0.25) is 0 Å². The summed E-state index contributed by atoms with van der Waals surface area (Å²) in [6.07, 6.45) is 2.99. The van der Waals surface area contributed by atoms with E-state index in [0.29, 0.717) is 5.25 Å². The molecule has 0 amide bonds. The molecule has 1 fully saturated rings. The first kappa shape index (κ1) is 15.4. The Kier molecular flexibility index (Phi) is 4.62. The van der Waals surface area contributed by atoms with Crippen molar-refractivity contribution in [2.75, 3.05) is 13.1 Å². The quantitative estimate of drug-likeness (QED) is 0.712. The van der Waals surface area contributed by atoms with Crippen LogP contribution in [0.1, 0.15) is 12.0 Å². The van der Waals surface area contributed by atoms with Gasteiger partial charge in [-0.05, 0) is 30.7 Å². The highest BCUT2D eigenvalue weighted by molar-refractivity contribution is 7.99. The molecule has 122 valence electrons. The van der Waals surface area contributed by atoms with Gasteiger partial charge in [-0.1, -0.05) is 60.3 Å². The summed E-state index contributed by atoms with van der Waals surface area (Å²) in [5, 5.41) is 9.98. The summed E-state index contributed by atoms with van der Waals surface area (Å²) < 4.78 is 2.07. The van der Waals surface area contributed by atoms with Gasteiger partial charge in [0.1, 0.15) is 6.33 Å². The minimum Gasteiger partial charge on any atom is -0.298 e. The van der Waals surface area contributed by atoms with Gasteiger partial charge in [0.15, 0.2) is 5.16 Å². The molecule has 0 saturated carbocycles. The molecule has 0 radical (unpaired) electrons. The molecule has 5 heteroatoms. The fourth-order valence-electron chi connectivity index (χ4n) is 3.10. The van der Waals surface area contributed by atoms with Crippen LogP contribution in [-0.2, 0) is 6.54 Å². The van der Waals surface area contributed by atoms with Crippen molar-refractivity contribution in [2.45, 2.75) is 23.4 Å². The average Bonchev–Trinajstić information content (AvgIpc) is 3.27. The van der Waals surface area contributed by atoms with E-state index >= 15 is 0 Å². The molecule has 3 aromatic rings. The third kappa shape index (κ3) is 3.52. The molecule has 0 N–H and O–H groups in total. The van der Waals surface area contributed by atoms with Crippen molar-refractivity contribution < 1.29 is 0 Å². The molecule has 24 heavy (non-hydrogen) atoms. The first-order chi connectivity index (χ1) is 11.9. The molecular weight excluding hydrogens is 316 g/mol. The van der Waals surface area contributed by atoms with Gasteiger partial charge in [0.2, 0.25) is 0 Å².